The van der Waals surface area contributed by atoms with Crippen LogP contribution < -0.4 is 5.32 Å². The molecule has 2 aliphatic heterocycles. The first-order chi connectivity index (χ1) is 8.10. The molecule has 2 aliphatic rings. The molecule has 2 saturated heterocycles. The number of rotatable bonds is 1. The standard InChI is InChI=1S/C14H27NO3/c1-11(2)6-14(7-12(3,4)15-11)17-9-13(5,8-16)10-18-14/h15-16H,6-10H2,1-5H3. The van der Waals surface area contributed by atoms with Gasteiger partial charge >= 0.3 is 0 Å². The average Bonchev–Trinajstić information content (AvgIpc) is 2.19. The number of hydrogen-bond donors (Lipinski definition) is 2. The Hall–Kier alpha value is -0.160. The Morgan fingerprint density at radius 3 is 1.78 bits per heavy atom. The zero-order valence-corrected chi connectivity index (χ0v) is 12.3. The molecule has 2 N–H and O–H groups in total. The molecule has 4 heteroatoms. The van der Waals surface area contributed by atoms with Crippen LogP contribution in [0.3, 0.4) is 0 Å². The molecule has 1 spiro atoms. The summed E-state index contributed by atoms with van der Waals surface area (Å²) in [6.07, 6.45) is 1.68. The van der Waals surface area contributed by atoms with Gasteiger partial charge in [0.15, 0.2) is 5.79 Å². The molecule has 0 radical (unpaired) electrons. The molecule has 0 aromatic carbocycles. The minimum atomic E-state index is -0.493. The van der Waals surface area contributed by atoms with Crippen molar-refractivity contribution in [2.75, 3.05) is 19.8 Å². The summed E-state index contributed by atoms with van der Waals surface area (Å²) in [5.74, 6) is -0.493. The van der Waals surface area contributed by atoms with Gasteiger partial charge in [-0.3, -0.25) is 0 Å². The van der Waals surface area contributed by atoms with Crippen LogP contribution >= 0.6 is 0 Å². The third-order valence-corrected chi connectivity index (χ3v) is 3.85. The summed E-state index contributed by atoms with van der Waals surface area (Å²) in [6.45, 7) is 12.0. The second-order valence-corrected chi connectivity index (χ2v) is 7.70. The van der Waals surface area contributed by atoms with Crippen LogP contribution in [0.5, 0.6) is 0 Å². The van der Waals surface area contributed by atoms with Gasteiger partial charge in [0.05, 0.1) is 19.8 Å². The highest BCUT2D eigenvalue weighted by atomic mass is 16.7. The van der Waals surface area contributed by atoms with E-state index in [1.54, 1.807) is 0 Å². The third-order valence-electron chi connectivity index (χ3n) is 3.85. The van der Waals surface area contributed by atoms with Gasteiger partial charge in [0.25, 0.3) is 0 Å². The van der Waals surface area contributed by atoms with Gasteiger partial charge in [-0.15, -0.1) is 0 Å². The topological polar surface area (TPSA) is 50.7 Å². The van der Waals surface area contributed by atoms with Gasteiger partial charge in [0.1, 0.15) is 0 Å². The van der Waals surface area contributed by atoms with Crippen LogP contribution in [0.1, 0.15) is 47.5 Å². The van der Waals surface area contributed by atoms with Crippen LogP contribution in [0.4, 0.5) is 0 Å². The number of hydrogen-bond acceptors (Lipinski definition) is 4. The number of piperidine rings is 1. The molecule has 0 aromatic rings. The molecule has 0 aliphatic carbocycles. The van der Waals surface area contributed by atoms with Crippen LogP contribution in [0, 0.1) is 5.41 Å². The largest absolute Gasteiger partial charge is 0.396 e. The summed E-state index contributed by atoms with van der Waals surface area (Å²) < 4.78 is 12.1. The maximum absolute atomic E-state index is 9.37. The highest BCUT2D eigenvalue weighted by molar-refractivity contribution is 5.02. The minimum absolute atomic E-state index is 0.00525. The molecular weight excluding hydrogens is 230 g/mol. The third kappa shape index (κ3) is 2.87. The lowest BCUT2D eigenvalue weighted by Gasteiger charge is -2.55. The summed E-state index contributed by atoms with van der Waals surface area (Å²) in [5, 5.41) is 13.0. The van der Waals surface area contributed by atoms with Crippen molar-refractivity contribution in [3.63, 3.8) is 0 Å². The molecule has 18 heavy (non-hydrogen) atoms. The highest BCUT2D eigenvalue weighted by Crippen LogP contribution is 2.43. The van der Waals surface area contributed by atoms with Crippen LogP contribution in [-0.2, 0) is 9.47 Å². The first-order valence-electron chi connectivity index (χ1n) is 6.78. The van der Waals surface area contributed by atoms with Crippen LogP contribution in [-0.4, -0.2) is 41.8 Å². The Kier molecular flexibility index (Phi) is 3.30. The number of aliphatic hydroxyl groups is 1. The van der Waals surface area contributed by atoms with Crippen LogP contribution in [0.2, 0.25) is 0 Å². The first-order valence-corrected chi connectivity index (χ1v) is 6.78. The fourth-order valence-corrected chi connectivity index (χ4v) is 3.40. The molecule has 2 fully saturated rings. The molecule has 0 saturated carbocycles. The maximum Gasteiger partial charge on any atom is 0.171 e. The van der Waals surface area contributed by atoms with Gasteiger partial charge in [-0.2, -0.15) is 0 Å². The van der Waals surface area contributed by atoms with Crippen molar-refractivity contribution in [2.24, 2.45) is 5.41 Å². The zero-order chi connectivity index (χ0) is 13.7. The summed E-state index contributed by atoms with van der Waals surface area (Å²) in [4.78, 5) is 0. The molecule has 106 valence electrons. The highest BCUT2D eigenvalue weighted by Gasteiger charge is 2.52. The molecule has 0 aromatic heterocycles. The number of nitrogens with one attached hydrogen (secondary N) is 1. The maximum atomic E-state index is 9.37. The van der Waals surface area contributed by atoms with E-state index in [-0.39, 0.29) is 23.1 Å². The van der Waals surface area contributed by atoms with Crippen LogP contribution in [0.15, 0.2) is 0 Å². The van der Waals surface area contributed by atoms with Crippen molar-refractivity contribution in [1.29, 1.82) is 0 Å². The summed E-state index contributed by atoms with van der Waals surface area (Å²) in [6, 6.07) is 0. The number of aliphatic hydroxyl groups excluding tert-OH is 1. The quantitative estimate of drug-likeness (QED) is 0.750. The van der Waals surface area contributed by atoms with Gasteiger partial charge in [-0.1, -0.05) is 6.92 Å². The van der Waals surface area contributed by atoms with Gasteiger partial charge in [0, 0.05) is 29.3 Å². The lowest BCUT2D eigenvalue weighted by molar-refractivity contribution is -0.329. The Balaban J connectivity index is 2.13. The molecule has 2 rings (SSSR count). The Bertz CT molecular complexity index is 299. The van der Waals surface area contributed by atoms with Crippen molar-refractivity contribution in [2.45, 2.75) is 64.3 Å². The summed E-state index contributed by atoms with van der Waals surface area (Å²) >= 11 is 0. The predicted octanol–water partition coefficient (Wildman–Crippen LogP) is 1.67. The molecule has 0 unspecified atom stereocenters. The lowest BCUT2D eigenvalue weighted by atomic mass is 9.77. The van der Waals surface area contributed by atoms with Crippen molar-refractivity contribution in [1.82, 2.24) is 5.32 Å². The minimum Gasteiger partial charge on any atom is -0.396 e. The van der Waals surface area contributed by atoms with Gasteiger partial charge in [-0.05, 0) is 27.7 Å². The van der Waals surface area contributed by atoms with Crippen LogP contribution in [0.25, 0.3) is 0 Å². The molecule has 0 atom stereocenters. The van der Waals surface area contributed by atoms with E-state index in [2.05, 4.69) is 33.0 Å². The van der Waals surface area contributed by atoms with E-state index >= 15 is 0 Å². The molecular formula is C14H27NO3. The van der Waals surface area contributed by atoms with E-state index < -0.39 is 5.79 Å². The van der Waals surface area contributed by atoms with Gasteiger partial charge in [-0.25, -0.2) is 0 Å². The summed E-state index contributed by atoms with van der Waals surface area (Å²) in [5.41, 5.74) is -0.270. The molecule has 0 amide bonds. The van der Waals surface area contributed by atoms with Crippen molar-refractivity contribution >= 4 is 0 Å². The number of ether oxygens (including phenoxy) is 2. The molecule has 2 heterocycles. The Morgan fingerprint density at radius 1 is 0.944 bits per heavy atom. The fraction of sp³-hybridized carbons (Fsp3) is 1.00. The zero-order valence-electron chi connectivity index (χ0n) is 12.3. The lowest BCUT2D eigenvalue weighted by Crippen LogP contribution is -2.67. The van der Waals surface area contributed by atoms with E-state index in [0.717, 1.165) is 12.8 Å². The van der Waals surface area contributed by atoms with E-state index in [1.807, 2.05) is 6.92 Å². The van der Waals surface area contributed by atoms with Gasteiger partial charge in [0.2, 0.25) is 0 Å². The van der Waals surface area contributed by atoms with E-state index in [0.29, 0.717) is 13.2 Å². The Labute approximate surface area is 110 Å². The smallest absolute Gasteiger partial charge is 0.171 e. The second-order valence-electron chi connectivity index (χ2n) is 7.70. The summed E-state index contributed by atoms with van der Waals surface area (Å²) in [7, 11) is 0. The van der Waals surface area contributed by atoms with E-state index in [4.69, 9.17) is 9.47 Å². The average molecular weight is 257 g/mol. The van der Waals surface area contributed by atoms with Crippen molar-refractivity contribution in [3.8, 4) is 0 Å². The van der Waals surface area contributed by atoms with Crippen molar-refractivity contribution in [3.05, 3.63) is 0 Å². The predicted molar refractivity (Wildman–Crippen MR) is 70.4 cm³/mol. The monoisotopic (exact) mass is 257 g/mol. The molecule has 0 bridgehead atoms. The van der Waals surface area contributed by atoms with E-state index in [1.165, 1.54) is 0 Å². The van der Waals surface area contributed by atoms with E-state index in [9.17, 15) is 5.11 Å². The van der Waals surface area contributed by atoms with Gasteiger partial charge < -0.3 is 19.9 Å². The molecule has 4 nitrogen and oxygen atoms in total. The normalized spacial score (nSPS) is 32.3. The Morgan fingerprint density at radius 2 is 1.39 bits per heavy atom. The fourth-order valence-electron chi connectivity index (χ4n) is 3.40. The van der Waals surface area contributed by atoms with Crippen molar-refractivity contribution < 1.29 is 14.6 Å². The first kappa shape index (κ1) is 14.3. The second kappa shape index (κ2) is 4.17. The SMILES string of the molecule is CC1(CO)COC2(CC(C)(C)NC(C)(C)C2)OC1.